The van der Waals surface area contributed by atoms with Gasteiger partial charge in [-0.3, -0.25) is 0 Å². The van der Waals surface area contributed by atoms with Gasteiger partial charge >= 0.3 is 0 Å². The molecule has 0 amide bonds. The Balaban J connectivity index is 1.85. The predicted molar refractivity (Wildman–Crippen MR) is 77.6 cm³/mol. The maximum Gasteiger partial charge on any atom is 0.225 e. The monoisotopic (exact) mass is 281 g/mol. The Morgan fingerprint density at radius 3 is 2.94 bits per heavy atom. The van der Waals surface area contributed by atoms with Gasteiger partial charge in [-0.2, -0.15) is 0 Å². The molecule has 96 valence electrons. The van der Waals surface area contributed by atoms with Crippen molar-refractivity contribution in [3.63, 3.8) is 0 Å². The van der Waals surface area contributed by atoms with Gasteiger partial charge in [-0.25, -0.2) is 9.97 Å². The number of halogens is 1. The van der Waals surface area contributed by atoms with Crippen LogP contribution in [0.3, 0.4) is 0 Å². The maximum atomic E-state index is 5.97. The van der Waals surface area contributed by atoms with E-state index in [4.69, 9.17) is 11.6 Å². The van der Waals surface area contributed by atoms with Crippen LogP contribution < -0.4 is 5.32 Å². The normalized spacial score (nSPS) is 16.6. The zero-order valence-corrected chi connectivity index (χ0v) is 11.9. The second-order valence-electron chi connectivity index (χ2n) is 4.95. The van der Waals surface area contributed by atoms with Crippen LogP contribution in [0.15, 0.2) is 6.07 Å². The van der Waals surface area contributed by atoms with Gasteiger partial charge in [-0.1, -0.05) is 12.8 Å². The minimum atomic E-state index is 0.332. The van der Waals surface area contributed by atoms with Crippen LogP contribution in [0.5, 0.6) is 0 Å². The molecule has 0 saturated heterocycles. The van der Waals surface area contributed by atoms with Crippen molar-refractivity contribution in [1.29, 1.82) is 0 Å². The average molecular weight is 282 g/mol. The van der Waals surface area contributed by atoms with Crippen molar-refractivity contribution >= 4 is 39.0 Å². The van der Waals surface area contributed by atoms with E-state index in [0.29, 0.717) is 5.28 Å². The van der Waals surface area contributed by atoms with Crippen LogP contribution in [-0.2, 0) is 0 Å². The van der Waals surface area contributed by atoms with E-state index in [1.807, 2.05) is 0 Å². The fourth-order valence-corrected chi connectivity index (χ4v) is 3.70. The molecule has 5 heteroatoms. The van der Waals surface area contributed by atoms with Gasteiger partial charge in [0.1, 0.15) is 10.6 Å². The van der Waals surface area contributed by atoms with Crippen LogP contribution >= 0.6 is 22.9 Å². The number of fused-ring (bicyclic) bond motifs is 1. The lowest BCUT2D eigenvalue weighted by Gasteiger charge is -2.11. The molecule has 2 aromatic heterocycles. The number of aryl methyl sites for hydroxylation is 1. The van der Waals surface area contributed by atoms with Gasteiger partial charge < -0.3 is 5.32 Å². The number of aromatic nitrogens is 2. The van der Waals surface area contributed by atoms with Gasteiger partial charge in [0.05, 0.1) is 5.39 Å². The van der Waals surface area contributed by atoms with Gasteiger partial charge in [-0.15, -0.1) is 11.3 Å². The maximum absolute atomic E-state index is 5.97. The fourth-order valence-electron chi connectivity index (χ4n) is 2.61. The summed E-state index contributed by atoms with van der Waals surface area (Å²) in [7, 11) is 0. The van der Waals surface area contributed by atoms with Crippen molar-refractivity contribution in [3.8, 4) is 0 Å². The molecule has 1 aliphatic rings. The summed E-state index contributed by atoms with van der Waals surface area (Å²) in [4.78, 5) is 10.8. The molecule has 0 atom stereocenters. The number of hydrogen-bond donors (Lipinski definition) is 1. The first-order valence-corrected chi connectivity index (χ1v) is 7.59. The Kier molecular flexibility index (Phi) is 3.39. The first kappa shape index (κ1) is 12.2. The molecule has 0 unspecified atom stereocenters. The lowest BCUT2D eigenvalue weighted by atomic mass is 10.1. The Labute approximate surface area is 116 Å². The third-order valence-electron chi connectivity index (χ3n) is 3.52. The molecule has 0 spiro atoms. The first-order valence-electron chi connectivity index (χ1n) is 6.40. The molecular formula is C13H16ClN3S. The Hall–Kier alpha value is -0.870. The molecule has 18 heavy (non-hydrogen) atoms. The number of rotatable bonds is 3. The highest BCUT2D eigenvalue weighted by molar-refractivity contribution is 7.18. The minimum Gasteiger partial charge on any atom is -0.369 e. The van der Waals surface area contributed by atoms with Gasteiger partial charge in [0, 0.05) is 11.4 Å². The summed E-state index contributed by atoms with van der Waals surface area (Å²) >= 11 is 7.64. The van der Waals surface area contributed by atoms with E-state index in [1.54, 1.807) is 11.3 Å². The Morgan fingerprint density at radius 2 is 2.17 bits per heavy atom. The third-order valence-corrected chi connectivity index (χ3v) is 4.63. The van der Waals surface area contributed by atoms with Crippen molar-refractivity contribution in [3.05, 3.63) is 16.2 Å². The third kappa shape index (κ3) is 2.45. The quantitative estimate of drug-likeness (QED) is 0.855. The van der Waals surface area contributed by atoms with E-state index in [2.05, 4.69) is 28.3 Å². The van der Waals surface area contributed by atoms with Crippen LogP contribution in [0.4, 0.5) is 5.82 Å². The summed E-state index contributed by atoms with van der Waals surface area (Å²) in [5.74, 6) is 1.68. The molecule has 3 rings (SSSR count). The first-order chi connectivity index (χ1) is 8.72. The number of nitrogens with zero attached hydrogens (tertiary/aromatic N) is 2. The topological polar surface area (TPSA) is 37.8 Å². The van der Waals surface area contributed by atoms with E-state index in [9.17, 15) is 0 Å². The summed E-state index contributed by atoms with van der Waals surface area (Å²) in [6.45, 7) is 3.08. The summed E-state index contributed by atoms with van der Waals surface area (Å²) in [5.41, 5.74) is 0. The van der Waals surface area contributed by atoms with Crippen molar-refractivity contribution in [1.82, 2.24) is 9.97 Å². The summed E-state index contributed by atoms with van der Waals surface area (Å²) in [5, 5.41) is 4.88. The minimum absolute atomic E-state index is 0.332. The molecule has 1 fully saturated rings. The molecule has 2 heterocycles. The highest BCUT2D eigenvalue weighted by atomic mass is 35.5. The SMILES string of the molecule is Cc1cc2c(NCC3CCCC3)nc(Cl)nc2s1. The molecular weight excluding hydrogens is 266 g/mol. The average Bonchev–Trinajstić information content (AvgIpc) is 2.93. The van der Waals surface area contributed by atoms with Gasteiger partial charge in [-0.05, 0) is 43.4 Å². The van der Waals surface area contributed by atoms with Crippen LogP contribution in [0.25, 0.3) is 10.2 Å². The molecule has 0 aliphatic heterocycles. The van der Waals surface area contributed by atoms with E-state index in [-0.39, 0.29) is 0 Å². The van der Waals surface area contributed by atoms with Crippen LogP contribution in [0.2, 0.25) is 5.28 Å². The lowest BCUT2D eigenvalue weighted by Crippen LogP contribution is -2.12. The van der Waals surface area contributed by atoms with Crippen molar-refractivity contribution in [2.75, 3.05) is 11.9 Å². The molecule has 1 N–H and O–H groups in total. The summed E-state index contributed by atoms with van der Waals surface area (Å²) < 4.78 is 0. The lowest BCUT2D eigenvalue weighted by molar-refractivity contribution is 0.579. The van der Waals surface area contributed by atoms with Gasteiger partial charge in [0.2, 0.25) is 5.28 Å². The molecule has 2 aromatic rings. The second-order valence-corrected chi connectivity index (χ2v) is 6.52. The summed E-state index contributed by atoms with van der Waals surface area (Å²) in [6, 6.07) is 2.13. The second kappa shape index (κ2) is 5.02. The van der Waals surface area contributed by atoms with Crippen LogP contribution in [0, 0.1) is 12.8 Å². The Morgan fingerprint density at radius 1 is 1.39 bits per heavy atom. The standard InChI is InChI=1S/C13H16ClN3S/c1-8-6-10-11(15-7-9-4-2-3-5-9)16-13(14)17-12(10)18-8/h6,9H,2-5,7H2,1H3,(H,15,16,17). The smallest absolute Gasteiger partial charge is 0.225 e. The van der Waals surface area contributed by atoms with Crippen molar-refractivity contribution in [2.24, 2.45) is 5.92 Å². The summed E-state index contributed by atoms with van der Waals surface area (Å²) in [6.07, 6.45) is 5.39. The molecule has 1 aliphatic carbocycles. The van der Waals surface area contributed by atoms with E-state index in [1.165, 1.54) is 30.6 Å². The molecule has 0 radical (unpaired) electrons. The van der Waals surface area contributed by atoms with E-state index >= 15 is 0 Å². The highest BCUT2D eigenvalue weighted by Crippen LogP contribution is 2.30. The van der Waals surface area contributed by atoms with E-state index in [0.717, 1.165) is 28.5 Å². The number of anilines is 1. The van der Waals surface area contributed by atoms with Gasteiger partial charge in [0.25, 0.3) is 0 Å². The van der Waals surface area contributed by atoms with Crippen LogP contribution in [-0.4, -0.2) is 16.5 Å². The molecule has 0 aromatic carbocycles. The highest BCUT2D eigenvalue weighted by Gasteiger charge is 2.16. The Bertz CT molecular complexity index is 561. The zero-order chi connectivity index (χ0) is 12.5. The zero-order valence-electron chi connectivity index (χ0n) is 10.4. The van der Waals surface area contributed by atoms with Crippen molar-refractivity contribution < 1.29 is 0 Å². The molecule has 1 saturated carbocycles. The number of nitrogens with one attached hydrogen (secondary N) is 1. The predicted octanol–water partition coefficient (Wildman–Crippen LogP) is 4.26. The number of thiophene rings is 1. The largest absolute Gasteiger partial charge is 0.369 e. The van der Waals surface area contributed by atoms with Crippen LogP contribution in [0.1, 0.15) is 30.6 Å². The molecule has 3 nitrogen and oxygen atoms in total. The van der Waals surface area contributed by atoms with E-state index < -0.39 is 0 Å². The van der Waals surface area contributed by atoms with Gasteiger partial charge in [0.15, 0.2) is 0 Å². The fraction of sp³-hybridized carbons (Fsp3) is 0.538. The number of hydrogen-bond acceptors (Lipinski definition) is 4. The van der Waals surface area contributed by atoms with Crippen molar-refractivity contribution in [2.45, 2.75) is 32.6 Å². The molecule has 0 bridgehead atoms.